The van der Waals surface area contributed by atoms with E-state index in [-0.39, 0.29) is 17.0 Å². The predicted octanol–water partition coefficient (Wildman–Crippen LogP) is 3.30. The highest BCUT2D eigenvalue weighted by atomic mass is 19.4. The van der Waals surface area contributed by atoms with Crippen molar-refractivity contribution in [3.05, 3.63) is 34.9 Å². The quantitative estimate of drug-likeness (QED) is 0.900. The van der Waals surface area contributed by atoms with E-state index in [9.17, 15) is 18.0 Å². The molecule has 1 aromatic carbocycles. The summed E-state index contributed by atoms with van der Waals surface area (Å²) >= 11 is 0. The molecule has 3 nitrogen and oxygen atoms in total. The first kappa shape index (κ1) is 13.9. The van der Waals surface area contributed by atoms with E-state index in [1.807, 2.05) is 0 Å². The molecule has 19 heavy (non-hydrogen) atoms. The van der Waals surface area contributed by atoms with Crippen LogP contribution < -0.4 is 0 Å². The van der Waals surface area contributed by atoms with E-state index in [0.717, 1.165) is 18.2 Å². The molecule has 1 heterocycles. The molecule has 0 aliphatic carbocycles. The molecule has 1 N–H and O–H groups in total. The summed E-state index contributed by atoms with van der Waals surface area (Å²) in [5.74, 6) is -1.52. The fraction of sp³-hybridized carbons (Fsp3) is 0.462. The van der Waals surface area contributed by atoms with E-state index in [1.54, 1.807) is 0 Å². The summed E-state index contributed by atoms with van der Waals surface area (Å²) in [6.45, 7) is 0.804. The van der Waals surface area contributed by atoms with Crippen LogP contribution in [0.3, 0.4) is 0 Å². The Labute approximate surface area is 108 Å². The van der Waals surface area contributed by atoms with Gasteiger partial charge in [0, 0.05) is 13.2 Å². The van der Waals surface area contributed by atoms with Crippen LogP contribution >= 0.6 is 0 Å². The van der Waals surface area contributed by atoms with Crippen LogP contribution in [0.4, 0.5) is 13.2 Å². The van der Waals surface area contributed by atoms with E-state index in [4.69, 9.17) is 9.84 Å². The maximum absolute atomic E-state index is 13.0. The fourth-order valence-electron chi connectivity index (χ4n) is 2.30. The van der Waals surface area contributed by atoms with E-state index in [2.05, 4.69) is 0 Å². The molecule has 0 unspecified atom stereocenters. The molecule has 1 saturated heterocycles. The normalized spacial score (nSPS) is 17.4. The number of carbonyl (C=O) groups is 1. The van der Waals surface area contributed by atoms with Crippen LogP contribution in [0.15, 0.2) is 18.2 Å². The lowest BCUT2D eigenvalue weighted by Crippen LogP contribution is -2.19. The molecule has 0 radical (unpaired) electrons. The molecule has 104 valence electrons. The maximum atomic E-state index is 13.0. The Kier molecular flexibility index (Phi) is 3.80. The predicted molar refractivity (Wildman–Crippen MR) is 61.2 cm³/mol. The van der Waals surface area contributed by atoms with Crippen LogP contribution in [-0.4, -0.2) is 24.3 Å². The largest absolute Gasteiger partial charge is 0.478 e. The first-order valence-electron chi connectivity index (χ1n) is 5.92. The second-order valence-corrected chi connectivity index (χ2v) is 4.49. The molecule has 0 amide bonds. The third kappa shape index (κ3) is 3.07. The van der Waals surface area contributed by atoms with E-state index >= 15 is 0 Å². The van der Waals surface area contributed by atoms with Crippen molar-refractivity contribution in [2.24, 2.45) is 0 Å². The second-order valence-electron chi connectivity index (χ2n) is 4.49. The van der Waals surface area contributed by atoms with Gasteiger partial charge in [0.05, 0.1) is 11.1 Å². The van der Waals surface area contributed by atoms with Gasteiger partial charge in [-0.3, -0.25) is 0 Å². The van der Waals surface area contributed by atoms with Gasteiger partial charge in [-0.05, 0) is 42.5 Å². The van der Waals surface area contributed by atoms with Crippen molar-refractivity contribution in [3.8, 4) is 0 Å². The number of alkyl halides is 3. The van der Waals surface area contributed by atoms with Crippen molar-refractivity contribution in [1.29, 1.82) is 0 Å². The van der Waals surface area contributed by atoms with Crippen molar-refractivity contribution < 1.29 is 27.8 Å². The van der Waals surface area contributed by atoms with Crippen LogP contribution in [-0.2, 0) is 10.9 Å². The molecule has 1 aliphatic heterocycles. The van der Waals surface area contributed by atoms with Gasteiger partial charge in [-0.1, -0.05) is 0 Å². The first-order valence-corrected chi connectivity index (χ1v) is 5.92. The van der Waals surface area contributed by atoms with E-state index in [1.165, 1.54) is 0 Å². The zero-order chi connectivity index (χ0) is 14.0. The molecule has 1 aliphatic rings. The minimum Gasteiger partial charge on any atom is -0.478 e. The highest BCUT2D eigenvalue weighted by Gasteiger charge is 2.36. The summed E-state index contributed by atoms with van der Waals surface area (Å²) in [5, 5.41) is 8.90. The summed E-state index contributed by atoms with van der Waals surface area (Å²) in [4.78, 5) is 10.9. The van der Waals surface area contributed by atoms with Gasteiger partial charge in [0.15, 0.2) is 0 Å². The average Bonchev–Trinajstić information content (AvgIpc) is 2.38. The van der Waals surface area contributed by atoms with Gasteiger partial charge < -0.3 is 9.84 Å². The van der Waals surface area contributed by atoms with Crippen molar-refractivity contribution in [3.63, 3.8) is 0 Å². The van der Waals surface area contributed by atoms with Gasteiger partial charge in [0.25, 0.3) is 0 Å². The molecule has 0 aromatic heterocycles. The monoisotopic (exact) mass is 274 g/mol. The Hall–Kier alpha value is -1.56. The zero-order valence-electron chi connectivity index (χ0n) is 10.0. The standard InChI is InChI=1S/C13H13F3O3/c14-13(15,16)11-2-1-9(12(17)18)7-10(11)8-3-5-19-6-4-8/h1-2,7-8H,3-6H2,(H,17,18). The van der Waals surface area contributed by atoms with Crippen molar-refractivity contribution in [1.82, 2.24) is 0 Å². The van der Waals surface area contributed by atoms with Gasteiger partial charge in [-0.15, -0.1) is 0 Å². The molecule has 0 bridgehead atoms. The number of aromatic carboxylic acids is 1. The molecule has 2 rings (SSSR count). The molecule has 0 saturated carbocycles. The number of carboxylic acids is 1. The third-order valence-electron chi connectivity index (χ3n) is 3.27. The van der Waals surface area contributed by atoms with Crippen LogP contribution in [0.25, 0.3) is 0 Å². The van der Waals surface area contributed by atoms with Crippen LogP contribution in [0.5, 0.6) is 0 Å². The SMILES string of the molecule is O=C(O)c1ccc(C(F)(F)F)c(C2CCOCC2)c1. The highest BCUT2D eigenvalue weighted by molar-refractivity contribution is 5.88. The molecule has 1 fully saturated rings. The van der Waals surface area contributed by atoms with Crippen LogP contribution in [0.1, 0.15) is 40.2 Å². The maximum Gasteiger partial charge on any atom is 0.416 e. The highest BCUT2D eigenvalue weighted by Crippen LogP contribution is 2.38. The fourth-order valence-corrected chi connectivity index (χ4v) is 2.30. The van der Waals surface area contributed by atoms with Gasteiger partial charge in [-0.25, -0.2) is 4.79 Å². The lowest BCUT2D eigenvalue weighted by molar-refractivity contribution is -0.138. The van der Waals surface area contributed by atoms with Gasteiger partial charge in [-0.2, -0.15) is 13.2 Å². The summed E-state index contributed by atoms with van der Waals surface area (Å²) in [6.07, 6.45) is -3.51. The molecule has 0 spiro atoms. The Morgan fingerprint density at radius 1 is 1.26 bits per heavy atom. The summed E-state index contributed by atoms with van der Waals surface area (Å²) in [5.41, 5.74) is -0.797. The van der Waals surface area contributed by atoms with Gasteiger partial charge >= 0.3 is 12.1 Å². The number of hydrogen-bond donors (Lipinski definition) is 1. The van der Waals surface area contributed by atoms with E-state index in [0.29, 0.717) is 26.1 Å². The Bertz CT molecular complexity index is 477. The topological polar surface area (TPSA) is 46.5 Å². The summed E-state index contributed by atoms with van der Waals surface area (Å²) in [6, 6.07) is 2.99. The molecule has 1 aromatic rings. The Morgan fingerprint density at radius 3 is 2.42 bits per heavy atom. The summed E-state index contributed by atoms with van der Waals surface area (Å²) < 4.78 is 44.0. The number of halogens is 3. The second kappa shape index (κ2) is 5.21. The van der Waals surface area contributed by atoms with Gasteiger partial charge in [0.2, 0.25) is 0 Å². The summed E-state index contributed by atoms with van der Waals surface area (Å²) in [7, 11) is 0. The number of benzene rings is 1. The lowest BCUT2D eigenvalue weighted by Gasteiger charge is -2.25. The third-order valence-corrected chi connectivity index (χ3v) is 3.27. The van der Waals surface area contributed by atoms with Gasteiger partial charge in [0.1, 0.15) is 0 Å². The number of ether oxygens (including phenoxy) is 1. The van der Waals surface area contributed by atoms with Crippen LogP contribution in [0, 0.1) is 0 Å². The number of rotatable bonds is 2. The van der Waals surface area contributed by atoms with Crippen molar-refractivity contribution >= 4 is 5.97 Å². The average molecular weight is 274 g/mol. The zero-order valence-corrected chi connectivity index (χ0v) is 10.0. The van der Waals surface area contributed by atoms with Crippen LogP contribution in [0.2, 0.25) is 0 Å². The Balaban J connectivity index is 2.46. The Morgan fingerprint density at radius 2 is 1.89 bits per heavy atom. The van der Waals surface area contributed by atoms with Crippen molar-refractivity contribution in [2.75, 3.05) is 13.2 Å². The minimum absolute atomic E-state index is 0.0655. The molecular formula is C13H13F3O3. The number of carboxylic acid groups (broad SMARTS) is 1. The lowest BCUT2D eigenvalue weighted by atomic mass is 9.87. The number of hydrogen-bond acceptors (Lipinski definition) is 2. The molecule has 6 heteroatoms. The minimum atomic E-state index is -4.47. The molecular weight excluding hydrogens is 261 g/mol. The van der Waals surface area contributed by atoms with Crippen molar-refractivity contribution in [2.45, 2.75) is 24.9 Å². The smallest absolute Gasteiger partial charge is 0.416 e. The molecule has 0 atom stereocenters. The van der Waals surface area contributed by atoms with E-state index < -0.39 is 17.7 Å². The first-order chi connectivity index (χ1) is 8.89.